The van der Waals surface area contributed by atoms with Crippen molar-refractivity contribution >= 4 is 22.5 Å². The Morgan fingerprint density at radius 1 is 1.16 bits per heavy atom. The van der Waals surface area contributed by atoms with Gasteiger partial charge in [0.2, 0.25) is 5.91 Å². The number of H-pyrrole nitrogens is 1. The number of benzene rings is 2. The molecule has 1 fully saturated rings. The number of rotatable bonds is 10. The number of hydrogen-bond donors (Lipinski definition) is 3. The van der Waals surface area contributed by atoms with Crippen molar-refractivity contribution in [3.05, 3.63) is 77.1 Å². The quantitative estimate of drug-likeness (QED) is 0.371. The summed E-state index contributed by atoms with van der Waals surface area (Å²) in [7, 11) is 0. The first-order chi connectivity index (χ1) is 17.9. The molecule has 9 heteroatoms. The third-order valence-corrected chi connectivity index (χ3v) is 7.39. The van der Waals surface area contributed by atoms with Crippen molar-refractivity contribution in [2.45, 2.75) is 37.8 Å². The van der Waals surface area contributed by atoms with Gasteiger partial charge < -0.3 is 20.9 Å². The molecule has 2 aromatic carbocycles. The average Bonchev–Trinajstić information content (AvgIpc) is 3.22. The predicted molar refractivity (Wildman–Crippen MR) is 139 cm³/mol. The lowest BCUT2D eigenvalue weighted by Crippen LogP contribution is -2.54. The zero-order valence-electron chi connectivity index (χ0n) is 20.7. The molecule has 0 unspecified atom stereocenters. The lowest BCUT2D eigenvalue weighted by molar-refractivity contribution is -0.118. The van der Waals surface area contributed by atoms with E-state index in [9.17, 15) is 9.18 Å². The van der Waals surface area contributed by atoms with Crippen LogP contribution in [0.2, 0.25) is 0 Å². The van der Waals surface area contributed by atoms with E-state index in [2.05, 4.69) is 21.8 Å². The summed E-state index contributed by atoms with van der Waals surface area (Å²) in [5, 5.41) is 4.23. The predicted octanol–water partition coefficient (Wildman–Crippen LogP) is 4.63. The molecule has 6 nitrogen and oxygen atoms in total. The van der Waals surface area contributed by atoms with Crippen LogP contribution in [0.5, 0.6) is 0 Å². The molecule has 2 aliphatic heterocycles. The van der Waals surface area contributed by atoms with Crippen LogP contribution in [0.25, 0.3) is 10.9 Å². The summed E-state index contributed by atoms with van der Waals surface area (Å²) in [6, 6.07) is 9.80. The minimum absolute atomic E-state index is 0.0588. The summed E-state index contributed by atoms with van der Waals surface area (Å²) >= 11 is 0. The van der Waals surface area contributed by atoms with Crippen molar-refractivity contribution in [3.8, 4) is 0 Å². The van der Waals surface area contributed by atoms with Gasteiger partial charge in [-0.05, 0) is 43.0 Å². The van der Waals surface area contributed by atoms with Crippen LogP contribution in [0.15, 0.2) is 48.7 Å². The molecule has 0 saturated carbocycles. The maximum absolute atomic E-state index is 15.7. The van der Waals surface area contributed by atoms with Gasteiger partial charge in [-0.2, -0.15) is 0 Å². The van der Waals surface area contributed by atoms with Crippen LogP contribution in [0.1, 0.15) is 42.1 Å². The lowest BCUT2D eigenvalue weighted by Gasteiger charge is -2.40. The first kappa shape index (κ1) is 25.2. The molecule has 1 aromatic heterocycles. The number of hydrogen-bond acceptors (Lipinski definition) is 4. The molecule has 0 radical (unpaired) electrons. The number of halogens is 3. The standard InChI is InChI=1S/C28H32F3N5O/c1-17(7-8-25(32)37)36-12-9-21-20-5-2-3-6-24(20)34-27(21)28(36)26-22(30)13-18(14-23(26)31)33-19-15-35(16-19)11-4-10-29/h2-3,5-6,13-14,19,28,33-34H,1,4,7-12,15-16H2,(H2,32,37)/t28-/m1/s1. The number of carbonyl (C=O) groups is 1. The third kappa shape index (κ3) is 5.05. The molecule has 2 aliphatic rings. The fourth-order valence-electron chi connectivity index (χ4n) is 5.58. The molecule has 1 saturated heterocycles. The van der Waals surface area contributed by atoms with Crippen LogP contribution >= 0.6 is 0 Å². The second-order valence-electron chi connectivity index (χ2n) is 9.94. The van der Waals surface area contributed by atoms with E-state index in [4.69, 9.17) is 5.73 Å². The molecular formula is C28H32F3N5O. The third-order valence-electron chi connectivity index (χ3n) is 7.39. The van der Waals surface area contributed by atoms with Crippen molar-refractivity contribution < 1.29 is 18.0 Å². The Morgan fingerprint density at radius 2 is 1.89 bits per heavy atom. The zero-order chi connectivity index (χ0) is 26.1. The van der Waals surface area contributed by atoms with Gasteiger partial charge in [0, 0.05) is 60.6 Å². The minimum atomic E-state index is -0.759. The summed E-state index contributed by atoms with van der Waals surface area (Å²) in [6.45, 7) is 6.39. The number of primary amides is 1. The maximum atomic E-state index is 15.7. The number of para-hydroxylation sites is 1. The van der Waals surface area contributed by atoms with Gasteiger partial charge in [-0.15, -0.1) is 0 Å². The van der Waals surface area contributed by atoms with Gasteiger partial charge in [0.1, 0.15) is 17.7 Å². The molecule has 0 aliphatic carbocycles. The fraction of sp³-hybridized carbons (Fsp3) is 0.393. The summed E-state index contributed by atoms with van der Waals surface area (Å²) < 4.78 is 43.9. The second-order valence-corrected chi connectivity index (χ2v) is 9.94. The van der Waals surface area contributed by atoms with E-state index in [1.165, 1.54) is 12.1 Å². The molecule has 3 aromatic rings. The number of aromatic nitrogens is 1. The molecule has 0 bridgehead atoms. The van der Waals surface area contributed by atoms with Crippen molar-refractivity contribution in [1.82, 2.24) is 14.8 Å². The van der Waals surface area contributed by atoms with Crippen LogP contribution in [-0.4, -0.2) is 59.6 Å². The van der Waals surface area contributed by atoms with Gasteiger partial charge >= 0.3 is 0 Å². The Labute approximate surface area is 214 Å². The number of nitrogens with zero attached hydrogens (tertiary/aromatic N) is 2. The van der Waals surface area contributed by atoms with Crippen LogP contribution in [0.3, 0.4) is 0 Å². The van der Waals surface area contributed by atoms with Gasteiger partial charge in [0.15, 0.2) is 0 Å². The molecule has 5 rings (SSSR count). The SMILES string of the molecule is C=C(CCC(N)=O)N1CCc2c([nH]c3ccccc23)[C@H]1c1c(F)cc(NC2CN(CCCF)C2)cc1F. The van der Waals surface area contributed by atoms with Crippen LogP contribution in [0.4, 0.5) is 18.9 Å². The molecule has 4 N–H and O–H groups in total. The number of nitrogens with two attached hydrogens (primary N) is 1. The maximum Gasteiger partial charge on any atom is 0.217 e. The lowest BCUT2D eigenvalue weighted by atomic mass is 9.90. The van der Waals surface area contributed by atoms with E-state index in [0.29, 0.717) is 56.8 Å². The Kier molecular flexibility index (Phi) is 7.15. The molecule has 196 valence electrons. The average molecular weight is 512 g/mol. The van der Waals surface area contributed by atoms with Crippen molar-refractivity contribution in [1.29, 1.82) is 0 Å². The molecular weight excluding hydrogens is 479 g/mol. The Balaban J connectivity index is 1.46. The monoisotopic (exact) mass is 511 g/mol. The van der Waals surface area contributed by atoms with E-state index >= 15 is 8.78 Å². The number of fused-ring (bicyclic) bond motifs is 3. The van der Waals surface area contributed by atoms with Gasteiger partial charge in [-0.3, -0.25) is 14.1 Å². The Morgan fingerprint density at radius 3 is 2.59 bits per heavy atom. The summed E-state index contributed by atoms with van der Waals surface area (Å²) in [6.07, 6.45) is 1.59. The normalized spacial score (nSPS) is 18.0. The van der Waals surface area contributed by atoms with Gasteiger partial charge in [0.25, 0.3) is 0 Å². The smallest absolute Gasteiger partial charge is 0.217 e. The number of allylic oxidation sites excluding steroid dienone is 1. The first-order valence-corrected chi connectivity index (χ1v) is 12.7. The Hall–Kier alpha value is -3.46. The Bertz CT molecular complexity index is 1290. The van der Waals surface area contributed by atoms with Crippen molar-refractivity contribution in [2.75, 3.05) is 38.2 Å². The minimum Gasteiger partial charge on any atom is -0.380 e. The van der Waals surface area contributed by atoms with Crippen LogP contribution in [0, 0.1) is 11.6 Å². The summed E-state index contributed by atoms with van der Waals surface area (Å²) in [5.41, 5.74) is 8.94. The highest BCUT2D eigenvalue weighted by Crippen LogP contribution is 2.42. The molecule has 37 heavy (non-hydrogen) atoms. The fourth-order valence-corrected chi connectivity index (χ4v) is 5.58. The number of carbonyl (C=O) groups excluding carboxylic acids is 1. The highest BCUT2D eigenvalue weighted by atomic mass is 19.1. The number of alkyl halides is 1. The molecule has 3 heterocycles. The van der Waals surface area contributed by atoms with Crippen molar-refractivity contribution in [2.24, 2.45) is 5.73 Å². The largest absolute Gasteiger partial charge is 0.380 e. The van der Waals surface area contributed by atoms with E-state index in [-0.39, 0.29) is 24.7 Å². The number of likely N-dealkylation sites (tertiary alicyclic amines) is 1. The molecule has 0 spiro atoms. The van der Waals surface area contributed by atoms with E-state index < -0.39 is 23.6 Å². The van der Waals surface area contributed by atoms with Crippen molar-refractivity contribution in [3.63, 3.8) is 0 Å². The number of anilines is 1. The summed E-state index contributed by atoms with van der Waals surface area (Å²) in [4.78, 5) is 18.8. The van der Waals surface area contributed by atoms with E-state index in [1.54, 1.807) is 0 Å². The second kappa shape index (κ2) is 10.5. The number of aromatic amines is 1. The van der Waals surface area contributed by atoms with Gasteiger partial charge in [-0.1, -0.05) is 24.8 Å². The highest BCUT2D eigenvalue weighted by Gasteiger charge is 2.36. The molecule has 1 amide bonds. The van der Waals surface area contributed by atoms with E-state index in [0.717, 1.165) is 22.2 Å². The molecule has 1 atom stereocenters. The highest BCUT2D eigenvalue weighted by molar-refractivity contribution is 5.85. The topological polar surface area (TPSA) is 77.4 Å². The summed E-state index contributed by atoms with van der Waals surface area (Å²) in [5.74, 6) is -1.76. The van der Waals surface area contributed by atoms with Gasteiger partial charge in [-0.25, -0.2) is 8.78 Å². The van der Waals surface area contributed by atoms with Gasteiger partial charge in [0.05, 0.1) is 18.3 Å². The number of nitrogens with one attached hydrogen (secondary N) is 2. The first-order valence-electron chi connectivity index (χ1n) is 12.7. The zero-order valence-corrected chi connectivity index (χ0v) is 20.7. The van der Waals surface area contributed by atoms with E-state index in [1.807, 2.05) is 29.2 Å². The van der Waals surface area contributed by atoms with Crippen LogP contribution in [-0.2, 0) is 11.2 Å². The number of amides is 1. The van der Waals surface area contributed by atoms with Crippen LogP contribution < -0.4 is 11.1 Å².